The summed E-state index contributed by atoms with van der Waals surface area (Å²) in [6, 6.07) is 26.7. The van der Waals surface area contributed by atoms with Gasteiger partial charge >= 0.3 is 5.51 Å². The predicted octanol–water partition coefficient (Wildman–Crippen LogP) is 9.39. The number of benzene rings is 5. The molecule has 3 N–H and O–H groups in total. The number of carbonyl (C=O) groups excluding carboxylic acids is 5. The molecule has 5 amide bonds. The summed E-state index contributed by atoms with van der Waals surface area (Å²) in [5.41, 5.74) is -1.80. The standard InChI is InChI=1S/C63H67ClF4N8O9S3/c1-62(2)26-24-50(39-8-13-43(64)14-9-39)42(33-62)35-72-28-30-74(31-29-72)45-15-10-40(11-16-45)58(78)71-88(84,85)49-19-21-52(54(32-49)87(82,83)63(66,67)68)69-44(38-86-48-6-4-3-5-7-48)25-27-75-46-17-18-47(75)37-73(36-46)34-41-12-20-51-56(57(41)65)61(81)76(60(51)80)53-22-23-55(77)70-59(53)79/h3-16,19-21,32,44,46-47,53,69H,17-18,22-31,33-38H2,1-2H3,(H,71,78)(H,70,77,79)/t44-,46?,47?,53?/m1/s1. The van der Waals surface area contributed by atoms with Gasteiger partial charge in [0.1, 0.15) is 16.8 Å². The summed E-state index contributed by atoms with van der Waals surface area (Å²) in [6.07, 6.45) is 4.76. The number of nitrogens with zero attached hydrogens (tertiary/aromatic N) is 5. The molecule has 4 atom stereocenters. The zero-order valence-corrected chi connectivity index (χ0v) is 51.7. The third-order valence-electron chi connectivity index (χ3n) is 17.7. The Balaban J connectivity index is 0.743. The van der Waals surface area contributed by atoms with Crippen molar-refractivity contribution in [2.75, 3.05) is 68.3 Å². The Bertz CT molecular complexity index is 3800. The number of hydrogen-bond donors (Lipinski definition) is 3. The first-order valence-corrected chi connectivity index (χ1v) is 33.7. The predicted molar refractivity (Wildman–Crippen MR) is 326 cm³/mol. The molecule has 3 unspecified atom stereocenters. The van der Waals surface area contributed by atoms with E-state index in [1.165, 1.54) is 52.7 Å². The SMILES string of the molecule is CC1(C)CCC(c2ccc(Cl)cc2)=C(CN2CCN(c3ccc(C(=O)NS(=O)(=O)c4ccc(N[C@H](CCN5C6CCC5CN(Cc5ccc7c(c5F)C(=O)N(C5CCC(=O)NC5=O)C7=O)C6)CSc5ccccc5)c(S(=O)(=O)C(F)(F)F)c4)cc3)CC2)C1. The number of thioether (sulfide) groups is 1. The quantitative estimate of drug-likeness (QED) is 0.0400. The highest BCUT2D eigenvalue weighted by Crippen LogP contribution is 2.44. The average Bonchev–Trinajstić information content (AvgIpc) is 2.41. The molecule has 5 heterocycles. The molecule has 6 aliphatic rings. The Morgan fingerprint density at radius 2 is 1.50 bits per heavy atom. The summed E-state index contributed by atoms with van der Waals surface area (Å²) in [4.78, 5) is 73.1. The molecule has 25 heteroatoms. The number of piperidine rings is 1. The molecule has 4 saturated heterocycles. The van der Waals surface area contributed by atoms with Gasteiger partial charge in [0.25, 0.3) is 37.6 Å². The van der Waals surface area contributed by atoms with Crippen LogP contribution in [0, 0.1) is 11.2 Å². The molecule has 0 spiro atoms. The number of halogens is 5. The first kappa shape index (κ1) is 62.9. The zero-order valence-electron chi connectivity index (χ0n) is 48.5. The molecule has 11 rings (SSSR count). The number of alkyl halides is 3. The Hall–Kier alpha value is -6.67. The number of anilines is 2. The smallest absolute Gasteiger partial charge is 0.380 e. The molecule has 17 nitrogen and oxygen atoms in total. The topological polar surface area (TPSA) is 206 Å². The van der Waals surface area contributed by atoms with Gasteiger partial charge in [0.05, 0.1) is 21.7 Å². The van der Waals surface area contributed by atoms with Crippen LogP contribution in [0.25, 0.3) is 5.57 Å². The molecule has 0 saturated carbocycles. The van der Waals surface area contributed by atoms with Crippen LogP contribution in [0.15, 0.2) is 129 Å². The number of fused-ring (bicyclic) bond motifs is 3. The van der Waals surface area contributed by atoms with E-state index in [-0.39, 0.29) is 59.3 Å². The van der Waals surface area contributed by atoms with Crippen molar-refractivity contribution in [2.24, 2.45) is 5.41 Å². The molecule has 2 bridgehead atoms. The maximum Gasteiger partial charge on any atom is 0.501 e. The van der Waals surface area contributed by atoms with Gasteiger partial charge in [-0.2, -0.15) is 13.2 Å². The van der Waals surface area contributed by atoms with E-state index in [2.05, 4.69) is 51.3 Å². The zero-order chi connectivity index (χ0) is 62.5. The maximum atomic E-state index is 16.3. The third-order valence-corrected chi connectivity index (χ3v) is 22.0. The second kappa shape index (κ2) is 25.3. The number of likely N-dealkylation sites (tertiary alicyclic amines) is 1. The van der Waals surface area contributed by atoms with Crippen molar-refractivity contribution >= 4 is 89.7 Å². The van der Waals surface area contributed by atoms with Gasteiger partial charge in [-0.05, 0) is 134 Å². The highest BCUT2D eigenvalue weighted by Gasteiger charge is 2.50. The number of nitrogens with one attached hydrogen (secondary N) is 3. The van der Waals surface area contributed by atoms with Crippen molar-refractivity contribution in [3.63, 3.8) is 0 Å². The summed E-state index contributed by atoms with van der Waals surface area (Å²) < 4.78 is 117. The molecule has 466 valence electrons. The summed E-state index contributed by atoms with van der Waals surface area (Å²) in [6.45, 7) is 9.89. The maximum absolute atomic E-state index is 16.3. The van der Waals surface area contributed by atoms with Crippen LogP contribution in [0.5, 0.6) is 0 Å². The highest BCUT2D eigenvalue weighted by molar-refractivity contribution is 7.99. The van der Waals surface area contributed by atoms with Crippen molar-refractivity contribution in [2.45, 2.75) is 116 Å². The molecule has 4 fully saturated rings. The van der Waals surface area contributed by atoms with E-state index in [1.54, 1.807) is 12.1 Å². The van der Waals surface area contributed by atoms with Crippen LogP contribution >= 0.6 is 23.4 Å². The summed E-state index contributed by atoms with van der Waals surface area (Å²) in [5.74, 6) is -4.80. The van der Waals surface area contributed by atoms with Gasteiger partial charge in [-0.25, -0.2) is 25.9 Å². The van der Waals surface area contributed by atoms with Crippen LogP contribution in [0.2, 0.25) is 5.02 Å². The van der Waals surface area contributed by atoms with Gasteiger partial charge in [0.15, 0.2) is 0 Å². The van der Waals surface area contributed by atoms with Crippen LogP contribution < -0.4 is 20.3 Å². The Morgan fingerprint density at radius 3 is 2.17 bits per heavy atom. The number of carbonyl (C=O) groups is 5. The minimum Gasteiger partial charge on any atom is -0.380 e. The lowest BCUT2D eigenvalue weighted by atomic mass is 9.73. The van der Waals surface area contributed by atoms with Gasteiger partial charge < -0.3 is 10.2 Å². The van der Waals surface area contributed by atoms with E-state index < -0.39 is 93.8 Å². The number of hydrogen-bond acceptors (Lipinski definition) is 15. The largest absolute Gasteiger partial charge is 0.501 e. The van der Waals surface area contributed by atoms with E-state index in [0.29, 0.717) is 50.2 Å². The second-order valence-electron chi connectivity index (χ2n) is 24.3. The number of amides is 5. The third kappa shape index (κ3) is 13.4. The number of imide groups is 2. The van der Waals surface area contributed by atoms with Crippen LogP contribution in [-0.2, 0) is 36.0 Å². The number of sulfonamides is 1. The Kier molecular flexibility index (Phi) is 18.1. The fourth-order valence-corrected chi connectivity index (χ4v) is 16.3. The van der Waals surface area contributed by atoms with Crippen molar-refractivity contribution in [1.82, 2.24) is 29.6 Å². The van der Waals surface area contributed by atoms with Crippen molar-refractivity contribution in [3.05, 3.63) is 153 Å². The minimum absolute atomic E-state index is 0.0381. The molecule has 88 heavy (non-hydrogen) atoms. The first-order valence-electron chi connectivity index (χ1n) is 29.3. The Labute approximate surface area is 518 Å². The average molecular weight is 1290 g/mol. The van der Waals surface area contributed by atoms with Gasteiger partial charge in [0, 0.05) is 116 Å². The molecular weight excluding hydrogens is 1220 g/mol. The van der Waals surface area contributed by atoms with Crippen molar-refractivity contribution in [3.8, 4) is 0 Å². The summed E-state index contributed by atoms with van der Waals surface area (Å²) >= 11 is 7.60. The van der Waals surface area contributed by atoms with E-state index in [1.807, 2.05) is 52.1 Å². The normalized spacial score (nSPS) is 21.6. The molecular formula is C63H67ClF4N8O9S3. The molecule has 1 aliphatic carbocycles. The fourth-order valence-electron chi connectivity index (χ4n) is 13.1. The van der Waals surface area contributed by atoms with Crippen LogP contribution in [0.3, 0.4) is 0 Å². The molecule has 0 radical (unpaired) electrons. The number of rotatable bonds is 19. The summed E-state index contributed by atoms with van der Waals surface area (Å²) in [5, 5.41) is 5.86. The first-order chi connectivity index (χ1) is 41.8. The lowest BCUT2D eigenvalue weighted by Gasteiger charge is -2.41. The summed E-state index contributed by atoms with van der Waals surface area (Å²) in [7, 11) is -11.2. The number of sulfone groups is 1. The van der Waals surface area contributed by atoms with Gasteiger partial charge in [-0.1, -0.05) is 67.4 Å². The number of allylic oxidation sites excluding steroid dienone is 1. The Morgan fingerprint density at radius 1 is 0.807 bits per heavy atom. The van der Waals surface area contributed by atoms with E-state index in [0.717, 1.165) is 79.4 Å². The highest BCUT2D eigenvalue weighted by atomic mass is 35.5. The van der Waals surface area contributed by atoms with Crippen LogP contribution in [-0.4, -0.2) is 154 Å². The molecule has 0 aromatic heterocycles. The van der Waals surface area contributed by atoms with Crippen LogP contribution in [0.1, 0.15) is 107 Å². The van der Waals surface area contributed by atoms with Gasteiger partial charge in [-0.15, -0.1) is 11.8 Å². The van der Waals surface area contributed by atoms with Crippen molar-refractivity contribution in [1.29, 1.82) is 0 Å². The van der Waals surface area contributed by atoms with Crippen molar-refractivity contribution < 1.29 is 58.4 Å². The minimum atomic E-state index is -6.20. The van der Waals surface area contributed by atoms with Crippen LogP contribution in [0.4, 0.5) is 28.9 Å². The van der Waals surface area contributed by atoms with Gasteiger partial charge in [0.2, 0.25) is 11.8 Å². The molecule has 5 aromatic carbocycles. The van der Waals surface area contributed by atoms with E-state index >= 15 is 4.39 Å². The lowest BCUT2D eigenvalue weighted by Crippen LogP contribution is -2.54. The van der Waals surface area contributed by atoms with E-state index in [9.17, 15) is 54.0 Å². The van der Waals surface area contributed by atoms with E-state index in [4.69, 9.17) is 11.6 Å². The van der Waals surface area contributed by atoms with Gasteiger partial charge in [-0.3, -0.25) is 48.9 Å². The molecule has 5 aromatic rings. The fraction of sp³-hybridized carbons (Fsp3) is 0.413. The monoisotopic (exact) mass is 1290 g/mol. The lowest BCUT2D eigenvalue weighted by molar-refractivity contribution is -0.136. The number of piperazine rings is 2. The second-order valence-corrected chi connectivity index (χ2v) is 29.4. The molecule has 5 aliphatic heterocycles.